The number of carbonyl (C=O) groups is 3. The van der Waals surface area contributed by atoms with Crippen LogP contribution in [0.1, 0.15) is 33.5 Å². The van der Waals surface area contributed by atoms with E-state index >= 15 is 0 Å². The molecule has 4 rings (SSSR count). The van der Waals surface area contributed by atoms with Gasteiger partial charge >= 0.3 is 5.97 Å². The lowest BCUT2D eigenvalue weighted by molar-refractivity contribution is -0.138. The van der Waals surface area contributed by atoms with Gasteiger partial charge in [-0.15, -0.1) is 0 Å². The van der Waals surface area contributed by atoms with Crippen molar-refractivity contribution in [2.75, 3.05) is 18.1 Å². The highest BCUT2D eigenvalue weighted by molar-refractivity contribution is 7.94. The second kappa shape index (κ2) is 11.4. The third-order valence-electron chi connectivity index (χ3n) is 5.25. The summed E-state index contributed by atoms with van der Waals surface area (Å²) in [4.78, 5) is 38.6. The van der Waals surface area contributed by atoms with Crippen LogP contribution in [-0.4, -0.2) is 36.0 Å². The van der Waals surface area contributed by atoms with E-state index in [9.17, 15) is 14.4 Å². The number of carboxylic acid groups (broad SMARTS) is 1. The number of hydrogen-bond donors (Lipinski definition) is 2. The van der Waals surface area contributed by atoms with E-state index in [1.165, 1.54) is 0 Å². The first-order valence-electron chi connectivity index (χ1n) is 10.9. The number of amides is 2. The fourth-order valence-corrected chi connectivity index (χ4v) is 4.08. The van der Waals surface area contributed by atoms with Crippen molar-refractivity contribution in [1.29, 1.82) is 0 Å². The van der Waals surface area contributed by atoms with Gasteiger partial charge in [-0.1, -0.05) is 42.2 Å². The van der Waals surface area contributed by atoms with Gasteiger partial charge in [0.1, 0.15) is 0 Å². The molecule has 1 heterocycles. The Hall–Kier alpha value is -4.06. The van der Waals surface area contributed by atoms with Gasteiger partial charge in [0.25, 0.3) is 5.91 Å². The molecule has 0 aromatic heterocycles. The summed E-state index contributed by atoms with van der Waals surface area (Å²) in [5.74, 6) is 4.90. The number of carboxylic acids is 1. The second-order valence-electron chi connectivity index (χ2n) is 7.67. The van der Waals surface area contributed by atoms with E-state index in [2.05, 4.69) is 17.2 Å². The highest BCUT2D eigenvalue weighted by Crippen LogP contribution is 2.26. The molecule has 0 radical (unpaired) electrons. The number of nitrogens with one attached hydrogen (secondary N) is 1. The van der Waals surface area contributed by atoms with Gasteiger partial charge in [0.15, 0.2) is 6.61 Å². The predicted octanol–water partition coefficient (Wildman–Crippen LogP) is 3.86. The molecule has 0 saturated carbocycles. The Balaban J connectivity index is 1.37. The monoisotopic (exact) mass is 486 g/mol. The van der Waals surface area contributed by atoms with Crippen molar-refractivity contribution in [2.24, 2.45) is 0 Å². The summed E-state index contributed by atoms with van der Waals surface area (Å²) in [6.07, 6.45) is 0.132. The van der Waals surface area contributed by atoms with E-state index < -0.39 is 12.6 Å². The molecule has 7 nitrogen and oxygen atoms in total. The van der Waals surface area contributed by atoms with Gasteiger partial charge in [-0.2, -0.15) is 0 Å². The Morgan fingerprint density at radius 1 is 0.943 bits per heavy atom. The molecule has 0 aliphatic carbocycles. The molecule has 0 unspecified atom stereocenters. The number of aliphatic carboxylic acids is 1. The number of nitrogens with zero attached hydrogens (tertiary/aromatic N) is 1. The van der Waals surface area contributed by atoms with E-state index in [1.807, 2.05) is 48.5 Å². The average Bonchev–Trinajstić information content (AvgIpc) is 2.85. The lowest BCUT2D eigenvalue weighted by Crippen LogP contribution is -2.35. The van der Waals surface area contributed by atoms with Crippen LogP contribution in [-0.2, 0) is 20.3 Å². The lowest BCUT2D eigenvalue weighted by atomic mass is 10.0. The predicted molar refractivity (Wildman–Crippen MR) is 133 cm³/mol. The lowest BCUT2D eigenvalue weighted by Gasteiger charge is -2.26. The third kappa shape index (κ3) is 6.29. The number of anilines is 1. The molecule has 0 atom stereocenters. The maximum Gasteiger partial charge on any atom is 0.331 e. The second-order valence-corrected chi connectivity index (χ2v) is 8.55. The molecule has 2 N–H and O–H groups in total. The Kier molecular flexibility index (Phi) is 7.83. The Morgan fingerprint density at radius 2 is 1.63 bits per heavy atom. The number of carbonyl (C=O) groups excluding carboxylic acids is 2. The molecular formula is C27H22N2O5S. The van der Waals surface area contributed by atoms with Crippen LogP contribution in [0.25, 0.3) is 0 Å². The molecule has 1 aliphatic rings. The number of fused-ring (bicyclic) bond motifs is 2. The minimum absolute atomic E-state index is 0.112. The fraction of sp³-hybridized carbons (Fsp3) is 0.148. The maximum atomic E-state index is 13.2. The zero-order chi connectivity index (χ0) is 24.6. The van der Waals surface area contributed by atoms with Crippen molar-refractivity contribution in [1.82, 2.24) is 5.32 Å². The van der Waals surface area contributed by atoms with Crippen LogP contribution >= 0.6 is 12.0 Å². The Bertz CT molecular complexity index is 1310. The van der Waals surface area contributed by atoms with Crippen molar-refractivity contribution in [2.45, 2.75) is 17.9 Å². The molecule has 176 valence electrons. The van der Waals surface area contributed by atoms with Crippen LogP contribution in [0.15, 0.2) is 77.7 Å². The van der Waals surface area contributed by atoms with Gasteiger partial charge in [-0.25, -0.2) is 4.79 Å². The van der Waals surface area contributed by atoms with Crippen LogP contribution in [0.2, 0.25) is 0 Å². The molecule has 3 aromatic rings. The minimum atomic E-state index is -1.06. The van der Waals surface area contributed by atoms with Crippen LogP contribution < -0.4 is 10.2 Å². The summed E-state index contributed by atoms with van der Waals surface area (Å²) >= 11 is 0.927. The molecular weight excluding hydrogens is 464 g/mol. The van der Waals surface area contributed by atoms with E-state index in [0.717, 1.165) is 34.4 Å². The summed E-state index contributed by atoms with van der Waals surface area (Å²) in [6.45, 7) is 0.167. The van der Waals surface area contributed by atoms with E-state index in [4.69, 9.17) is 9.29 Å². The van der Waals surface area contributed by atoms with Crippen LogP contribution in [0, 0.1) is 11.8 Å². The van der Waals surface area contributed by atoms with Crippen molar-refractivity contribution >= 4 is 35.5 Å². The van der Waals surface area contributed by atoms with Gasteiger partial charge in [-0.05, 0) is 48.0 Å². The number of hydrogen-bond acceptors (Lipinski definition) is 5. The molecule has 8 heteroatoms. The van der Waals surface area contributed by atoms with Gasteiger partial charge in [0.2, 0.25) is 5.91 Å². The first kappa shape index (κ1) is 24.1. The standard InChI is InChI=1S/C27H22N2O5S/c30-25(15-16-28-27(33)21-11-13-23(14-12-21)35-34-18-26(31)32)29-17-22-7-2-1-5-19(22)9-10-20-6-3-4-8-24(20)29/h1-8,11-14H,15-18H2,(H,28,33)(H,31,32). The van der Waals surface area contributed by atoms with Crippen molar-refractivity contribution in [3.8, 4) is 11.8 Å². The minimum Gasteiger partial charge on any atom is -0.479 e. The summed E-state index contributed by atoms with van der Waals surface area (Å²) in [7, 11) is 0. The number of benzene rings is 3. The normalized spacial score (nSPS) is 11.7. The van der Waals surface area contributed by atoms with Gasteiger partial charge in [0.05, 0.1) is 12.2 Å². The molecule has 2 amide bonds. The zero-order valence-corrected chi connectivity index (χ0v) is 19.5. The van der Waals surface area contributed by atoms with E-state index in [-0.39, 0.29) is 24.8 Å². The Labute approximate surface area is 207 Å². The van der Waals surface area contributed by atoms with Crippen molar-refractivity contribution in [3.05, 3.63) is 95.1 Å². The quantitative estimate of drug-likeness (QED) is 0.371. The summed E-state index contributed by atoms with van der Waals surface area (Å²) in [5.41, 5.74) is 3.83. The molecule has 0 bridgehead atoms. The summed E-state index contributed by atoms with van der Waals surface area (Å²) in [5, 5.41) is 11.4. The topological polar surface area (TPSA) is 95.9 Å². The smallest absolute Gasteiger partial charge is 0.331 e. The summed E-state index contributed by atoms with van der Waals surface area (Å²) < 4.78 is 4.96. The SMILES string of the molecule is O=C(O)COSc1ccc(C(=O)NCCC(=O)N2Cc3ccccc3C#Cc3ccccc32)cc1. The fourth-order valence-electron chi connectivity index (χ4n) is 3.54. The number of para-hydroxylation sites is 1. The zero-order valence-electron chi connectivity index (χ0n) is 18.7. The molecule has 0 fully saturated rings. The van der Waals surface area contributed by atoms with Crippen LogP contribution in [0.4, 0.5) is 5.69 Å². The van der Waals surface area contributed by atoms with Crippen molar-refractivity contribution in [3.63, 3.8) is 0 Å². The molecule has 1 aliphatic heterocycles. The third-order valence-corrected chi connectivity index (χ3v) is 5.95. The van der Waals surface area contributed by atoms with Crippen LogP contribution in [0.3, 0.4) is 0 Å². The Morgan fingerprint density at radius 3 is 2.40 bits per heavy atom. The van der Waals surface area contributed by atoms with Crippen molar-refractivity contribution < 1.29 is 23.7 Å². The van der Waals surface area contributed by atoms with E-state index in [1.54, 1.807) is 29.2 Å². The van der Waals surface area contributed by atoms with Gasteiger partial charge in [0, 0.05) is 46.6 Å². The van der Waals surface area contributed by atoms with Crippen LogP contribution in [0.5, 0.6) is 0 Å². The largest absolute Gasteiger partial charge is 0.479 e. The first-order chi connectivity index (χ1) is 17.0. The van der Waals surface area contributed by atoms with Gasteiger partial charge < -0.3 is 15.3 Å². The maximum absolute atomic E-state index is 13.2. The van der Waals surface area contributed by atoms with E-state index in [0.29, 0.717) is 17.0 Å². The highest BCUT2D eigenvalue weighted by atomic mass is 32.2. The number of rotatable bonds is 8. The van der Waals surface area contributed by atoms with Gasteiger partial charge in [-0.3, -0.25) is 13.8 Å². The molecule has 35 heavy (non-hydrogen) atoms. The highest BCUT2D eigenvalue weighted by Gasteiger charge is 2.21. The molecule has 0 spiro atoms. The average molecular weight is 487 g/mol. The molecule has 3 aromatic carbocycles. The first-order valence-corrected chi connectivity index (χ1v) is 11.6. The molecule has 0 saturated heterocycles. The summed E-state index contributed by atoms with van der Waals surface area (Å²) in [6, 6.07) is 21.9.